The second-order valence-corrected chi connectivity index (χ2v) is 7.54. The van der Waals surface area contributed by atoms with Crippen LogP contribution in [0, 0.1) is 0 Å². The molecule has 4 aromatic rings. The van der Waals surface area contributed by atoms with E-state index in [1.807, 2.05) is 60.7 Å². The van der Waals surface area contributed by atoms with Gasteiger partial charge in [-0.05, 0) is 42.0 Å². The highest BCUT2D eigenvalue weighted by Crippen LogP contribution is 2.39. The summed E-state index contributed by atoms with van der Waals surface area (Å²) in [4.78, 5) is 12.5. The van der Waals surface area contributed by atoms with Crippen molar-refractivity contribution in [2.75, 3.05) is 0 Å². The van der Waals surface area contributed by atoms with Gasteiger partial charge in [-0.3, -0.25) is 9.89 Å². The van der Waals surface area contributed by atoms with E-state index in [-0.39, 0.29) is 5.91 Å². The number of amides is 1. The number of rotatable bonds is 4. The van der Waals surface area contributed by atoms with Crippen LogP contribution in [0.25, 0.3) is 22.5 Å². The van der Waals surface area contributed by atoms with Gasteiger partial charge in [0.1, 0.15) is 12.4 Å². The minimum absolute atomic E-state index is 0.136. The summed E-state index contributed by atoms with van der Waals surface area (Å²) in [5.74, 6) is 0.717. The molecule has 0 radical (unpaired) electrons. The van der Waals surface area contributed by atoms with Crippen LogP contribution in [-0.2, 0) is 13.2 Å². The smallest absolute Gasteiger partial charge is 0.251 e. The monoisotopic (exact) mass is 415 g/mol. The highest BCUT2D eigenvalue weighted by Gasteiger charge is 2.23. The summed E-state index contributed by atoms with van der Waals surface area (Å²) >= 11 is 5.99. The molecule has 3 aromatic carbocycles. The Bertz CT molecular complexity index is 1230. The van der Waals surface area contributed by atoms with Crippen LogP contribution < -0.4 is 10.1 Å². The van der Waals surface area contributed by atoms with Gasteiger partial charge in [-0.2, -0.15) is 5.10 Å². The van der Waals surface area contributed by atoms with Gasteiger partial charge >= 0.3 is 0 Å². The largest absolute Gasteiger partial charge is 0.488 e. The first-order chi connectivity index (χ1) is 14.7. The molecule has 0 atom stereocenters. The third-order valence-corrected chi connectivity index (χ3v) is 5.39. The van der Waals surface area contributed by atoms with E-state index in [2.05, 4.69) is 15.5 Å². The zero-order valence-corrected chi connectivity index (χ0v) is 16.7. The highest BCUT2D eigenvalue weighted by atomic mass is 35.5. The number of ether oxygens (including phenoxy) is 1. The van der Waals surface area contributed by atoms with Crippen LogP contribution in [0.15, 0.2) is 72.8 Å². The lowest BCUT2D eigenvalue weighted by Crippen LogP contribution is -2.22. The van der Waals surface area contributed by atoms with Crippen LogP contribution in [0.5, 0.6) is 5.75 Å². The number of H-pyrrole nitrogens is 1. The average Bonchev–Trinajstić information content (AvgIpc) is 3.22. The van der Waals surface area contributed by atoms with Crippen molar-refractivity contribution >= 4 is 17.5 Å². The summed E-state index contributed by atoms with van der Waals surface area (Å²) in [7, 11) is 0. The molecule has 30 heavy (non-hydrogen) atoms. The Kier molecular flexibility index (Phi) is 4.73. The van der Waals surface area contributed by atoms with E-state index >= 15 is 0 Å². The fourth-order valence-electron chi connectivity index (χ4n) is 3.63. The molecule has 1 aliphatic heterocycles. The van der Waals surface area contributed by atoms with Crippen molar-refractivity contribution in [3.05, 3.63) is 94.5 Å². The number of hydrogen-bond donors (Lipinski definition) is 2. The summed E-state index contributed by atoms with van der Waals surface area (Å²) < 4.78 is 5.88. The minimum atomic E-state index is -0.136. The number of fused-ring (bicyclic) bond motifs is 3. The number of aromatic nitrogens is 2. The first kappa shape index (κ1) is 18.5. The Morgan fingerprint density at radius 3 is 2.73 bits per heavy atom. The van der Waals surface area contributed by atoms with Crippen molar-refractivity contribution in [1.82, 2.24) is 15.5 Å². The molecule has 6 heteroatoms. The number of nitrogens with zero attached hydrogens (tertiary/aromatic N) is 1. The predicted molar refractivity (Wildman–Crippen MR) is 116 cm³/mol. The normalized spacial score (nSPS) is 11.9. The maximum absolute atomic E-state index is 12.5. The van der Waals surface area contributed by atoms with E-state index in [1.165, 1.54) is 0 Å². The first-order valence-corrected chi connectivity index (χ1v) is 9.99. The summed E-state index contributed by atoms with van der Waals surface area (Å²) in [6.45, 7) is 0.880. The Labute approximate surface area is 178 Å². The van der Waals surface area contributed by atoms with Gasteiger partial charge in [-0.25, -0.2) is 0 Å². The molecular formula is C24H18ClN3O2. The lowest BCUT2D eigenvalue weighted by atomic mass is 9.99. The van der Waals surface area contributed by atoms with Crippen molar-refractivity contribution in [1.29, 1.82) is 0 Å². The van der Waals surface area contributed by atoms with Crippen LogP contribution in [0.3, 0.4) is 0 Å². The molecule has 0 bridgehead atoms. The van der Waals surface area contributed by atoms with Gasteiger partial charge in [-0.15, -0.1) is 0 Å². The second kappa shape index (κ2) is 7.69. The molecule has 2 heterocycles. The zero-order valence-electron chi connectivity index (χ0n) is 16.0. The Morgan fingerprint density at radius 2 is 1.90 bits per heavy atom. The molecular weight excluding hydrogens is 398 g/mol. The first-order valence-electron chi connectivity index (χ1n) is 9.61. The number of para-hydroxylation sites is 1. The average molecular weight is 416 g/mol. The second-order valence-electron chi connectivity index (χ2n) is 7.10. The van der Waals surface area contributed by atoms with E-state index in [1.54, 1.807) is 12.1 Å². The summed E-state index contributed by atoms with van der Waals surface area (Å²) in [5.41, 5.74) is 6.33. The Morgan fingerprint density at radius 1 is 1.07 bits per heavy atom. The van der Waals surface area contributed by atoms with Crippen LogP contribution in [0.2, 0.25) is 5.02 Å². The number of carbonyl (C=O) groups is 1. The quantitative estimate of drug-likeness (QED) is 0.480. The van der Waals surface area contributed by atoms with Gasteiger partial charge in [-0.1, -0.05) is 48.0 Å². The van der Waals surface area contributed by atoms with Gasteiger partial charge in [0.05, 0.1) is 11.4 Å². The molecule has 0 saturated heterocycles. The summed E-state index contributed by atoms with van der Waals surface area (Å²) in [6.07, 6.45) is 0. The molecule has 148 valence electrons. The van der Waals surface area contributed by atoms with Crippen LogP contribution in [0.4, 0.5) is 0 Å². The molecule has 0 saturated carbocycles. The number of halogens is 1. The molecule has 1 aliphatic rings. The number of aromatic amines is 1. The van der Waals surface area contributed by atoms with Gasteiger partial charge in [0, 0.05) is 33.8 Å². The molecule has 0 spiro atoms. The zero-order chi connectivity index (χ0) is 20.5. The van der Waals surface area contributed by atoms with E-state index in [4.69, 9.17) is 16.3 Å². The number of carbonyl (C=O) groups excluding carboxylic acids is 1. The molecule has 0 unspecified atom stereocenters. The topological polar surface area (TPSA) is 67.0 Å². The highest BCUT2D eigenvalue weighted by molar-refractivity contribution is 6.30. The number of benzene rings is 3. The fourth-order valence-corrected chi connectivity index (χ4v) is 3.84. The molecule has 5 nitrogen and oxygen atoms in total. The van der Waals surface area contributed by atoms with Crippen molar-refractivity contribution in [2.24, 2.45) is 0 Å². The van der Waals surface area contributed by atoms with Crippen LogP contribution in [0.1, 0.15) is 21.5 Å². The molecule has 2 N–H and O–H groups in total. The van der Waals surface area contributed by atoms with Crippen molar-refractivity contribution < 1.29 is 9.53 Å². The third-order valence-electron chi connectivity index (χ3n) is 5.16. The van der Waals surface area contributed by atoms with Crippen LogP contribution in [-0.4, -0.2) is 16.1 Å². The Hall–Kier alpha value is -3.57. The third kappa shape index (κ3) is 3.44. The fraction of sp³-hybridized carbons (Fsp3) is 0.0833. The summed E-state index contributed by atoms with van der Waals surface area (Å²) in [5, 5.41) is 11.2. The van der Waals surface area contributed by atoms with E-state index in [0.717, 1.165) is 39.4 Å². The van der Waals surface area contributed by atoms with E-state index in [9.17, 15) is 4.79 Å². The van der Waals surface area contributed by atoms with E-state index in [0.29, 0.717) is 23.7 Å². The predicted octanol–water partition coefficient (Wildman–Crippen LogP) is 5.22. The summed E-state index contributed by atoms with van der Waals surface area (Å²) in [6, 6.07) is 22.8. The lowest BCUT2D eigenvalue weighted by molar-refractivity contribution is 0.0951. The standard InChI is InChI=1S/C24H18ClN3O2/c25-18-5-3-4-15(12-18)13-26-24(29)17-10-8-16(9-11-17)22-20-14-30-21-7-2-1-6-19(21)23(20)28-27-22/h1-12H,13-14H2,(H,26,29)(H,27,28). The van der Waals surface area contributed by atoms with Crippen molar-refractivity contribution in [2.45, 2.75) is 13.2 Å². The van der Waals surface area contributed by atoms with Crippen LogP contribution >= 0.6 is 11.6 Å². The lowest BCUT2D eigenvalue weighted by Gasteiger charge is -2.17. The molecule has 1 amide bonds. The number of nitrogens with one attached hydrogen (secondary N) is 2. The maximum Gasteiger partial charge on any atom is 0.251 e. The maximum atomic E-state index is 12.5. The van der Waals surface area contributed by atoms with Crippen molar-refractivity contribution in [3.8, 4) is 28.3 Å². The van der Waals surface area contributed by atoms with Gasteiger partial charge < -0.3 is 10.1 Å². The molecule has 0 aliphatic carbocycles. The van der Waals surface area contributed by atoms with Gasteiger partial charge in [0.15, 0.2) is 0 Å². The number of hydrogen-bond acceptors (Lipinski definition) is 3. The minimum Gasteiger partial charge on any atom is -0.488 e. The molecule has 1 aromatic heterocycles. The Balaban J connectivity index is 1.34. The van der Waals surface area contributed by atoms with E-state index < -0.39 is 0 Å². The molecule has 0 fully saturated rings. The van der Waals surface area contributed by atoms with Gasteiger partial charge in [0.25, 0.3) is 5.91 Å². The molecule has 5 rings (SSSR count). The SMILES string of the molecule is O=C(NCc1cccc(Cl)c1)c1ccc(-c2n[nH]c3c2COc2ccccc2-3)cc1. The van der Waals surface area contributed by atoms with Crippen molar-refractivity contribution in [3.63, 3.8) is 0 Å². The van der Waals surface area contributed by atoms with Gasteiger partial charge in [0.2, 0.25) is 0 Å².